The number of pyridine rings is 2. The average Bonchev–Trinajstić information content (AvgIpc) is 2.69. The minimum Gasteiger partial charge on any atom is -0.494 e. The van der Waals surface area contributed by atoms with E-state index in [1.807, 2.05) is 0 Å². The molecule has 0 unspecified atom stereocenters. The van der Waals surface area contributed by atoms with Crippen molar-refractivity contribution in [3.8, 4) is 5.75 Å². The number of anilines is 2. The van der Waals surface area contributed by atoms with Gasteiger partial charge in [0.15, 0.2) is 5.15 Å². The Hall–Kier alpha value is -2.88. The molecule has 0 radical (unpaired) electrons. The smallest absolute Gasteiger partial charge is 0.264 e. The summed E-state index contributed by atoms with van der Waals surface area (Å²) in [6.45, 7) is 0. The Labute approximate surface area is 176 Å². The number of nitrogens with one attached hydrogen (secondary N) is 2. The Morgan fingerprint density at radius 3 is 2.59 bits per heavy atom. The number of methoxy groups -OCH3 is 1. The van der Waals surface area contributed by atoms with Crippen molar-refractivity contribution < 1.29 is 17.9 Å². The molecule has 0 aliphatic rings. The number of carbonyl (C=O) groups is 1. The Bertz CT molecular complexity index is 1160. The molecule has 2 N–H and O–H groups in total. The van der Waals surface area contributed by atoms with Gasteiger partial charge >= 0.3 is 0 Å². The summed E-state index contributed by atoms with van der Waals surface area (Å²) in [4.78, 5) is 19.7. The van der Waals surface area contributed by atoms with Gasteiger partial charge in [-0.1, -0.05) is 23.2 Å². The van der Waals surface area contributed by atoms with Crippen molar-refractivity contribution in [3.05, 3.63) is 70.7 Å². The summed E-state index contributed by atoms with van der Waals surface area (Å²) in [5, 5.41) is 2.51. The molecular formula is C18H14Cl2N4O4S. The van der Waals surface area contributed by atoms with Crippen molar-refractivity contribution in [2.24, 2.45) is 0 Å². The minimum absolute atomic E-state index is 0.0735. The number of amides is 1. The molecule has 0 saturated carbocycles. The first-order valence-corrected chi connectivity index (χ1v) is 10.3. The van der Waals surface area contributed by atoms with Gasteiger partial charge in [0, 0.05) is 18.5 Å². The second kappa shape index (κ2) is 8.64. The third-order valence-electron chi connectivity index (χ3n) is 3.70. The summed E-state index contributed by atoms with van der Waals surface area (Å²) >= 11 is 11.6. The highest BCUT2D eigenvalue weighted by atomic mass is 35.5. The molecule has 0 fully saturated rings. The lowest BCUT2D eigenvalue weighted by atomic mass is 10.2. The molecule has 0 bridgehead atoms. The van der Waals surface area contributed by atoms with Crippen molar-refractivity contribution >= 4 is 50.5 Å². The standard InChI is InChI=1S/C18H14Cl2N4O4S/c1-28-14-9-12(24-29(26,27)15-6-7-16(19)23-17(15)20)4-5-13(14)22-18(25)11-3-2-8-21-10-11/h2-10,24H,1H3,(H,22,25). The van der Waals surface area contributed by atoms with Crippen molar-refractivity contribution in [2.75, 3.05) is 17.1 Å². The zero-order valence-corrected chi connectivity index (χ0v) is 17.2. The van der Waals surface area contributed by atoms with Gasteiger partial charge in [0.25, 0.3) is 15.9 Å². The van der Waals surface area contributed by atoms with Crippen LogP contribution >= 0.6 is 23.2 Å². The van der Waals surface area contributed by atoms with E-state index in [2.05, 4.69) is 20.0 Å². The molecule has 0 aliphatic heterocycles. The fourth-order valence-corrected chi connectivity index (χ4v) is 4.07. The number of hydrogen-bond donors (Lipinski definition) is 2. The zero-order chi connectivity index (χ0) is 21.0. The van der Waals surface area contributed by atoms with Gasteiger partial charge in [-0.2, -0.15) is 0 Å². The van der Waals surface area contributed by atoms with E-state index in [1.54, 1.807) is 18.3 Å². The third-order valence-corrected chi connectivity index (χ3v) is 5.72. The summed E-state index contributed by atoms with van der Waals surface area (Å²) in [6.07, 6.45) is 2.98. The molecule has 2 heterocycles. The van der Waals surface area contributed by atoms with E-state index in [0.717, 1.165) is 0 Å². The first kappa shape index (κ1) is 20.8. The number of benzene rings is 1. The van der Waals surface area contributed by atoms with Crippen LogP contribution in [0.3, 0.4) is 0 Å². The number of rotatable bonds is 6. The van der Waals surface area contributed by atoms with Gasteiger partial charge < -0.3 is 10.1 Å². The minimum atomic E-state index is -4.02. The van der Waals surface area contributed by atoms with Crippen LogP contribution in [0.1, 0.15) is 10.4 Å². The molecule has 2 aromatic heterocycles. The van der Waals surface area contributed by atoms with E-state index in [4.69, 9.17) is 27.9 Å². The van der Waals surface area contributed by atoms with Crippen LogP contribution in [0.4, 0.5) is 11.4 Å². The van der Waals surface area contributed by atoms with Crippen LogP contribution in [0, 0.1) is 0 Å². The first-order valence-electron chi connectivity index (χ1n) is 8.04. The molecule has 0 spiro atoms. The fraction of sp³-hybridized carbons (Fsp3) is 0.0556. The van der Waals surface area contributed by atoms with Crippen molar-refractivity contribution in [1.29, 1.82) is 0 Å². The normalized spacial score (nSPS) is 11.0. The molecular weight excluding hydrogens is 439 g/mol. The van der Waals surface area contributed by atoms with Gasteiger partial charge in [-0.3, -0.25) is 14.5 Å². The number of carbonyl (C=O) groups excluding carboxylic acids is 1. The highest BCUT2D eigenvalue weighted by Gasteiger charge is 2.20. The predicted molar refractivity (Wildman–Crippen MR) is 110 cm³/mol. The van der Waals surface area contributed by atoms with Crippen LogP contribution in [0.2, 0.25) is 10.3 Å². The van der Waals surface area contributed by atoms with E-state index in [-0.39, 0.29) is 32.5 Å². The molecule has 11 heteroatoms. The predicted octanol–water partition coefficient (Wildman–Crippen LogP) is 3.85. The largest absolute Gasteiger partial charge is 0.494 e. The fourth-order valence-electron chi connectivity index (χ4n) is 2.36. The van der Waals surface area contributed by atoms with Crippen molar-refractivity contribution in [3.63, 3.8) is 0 Å². The van der Waals surface area contributed by atoms with E-state index < -0.39 is 10.0 Å². The maximum atomic E-state index is 12.6. The first-order chi connectivity index (χ1) is 13.8. The number of hydrogen-bond acceptors (Lipinski definition) is 6. The van der Waals surface area contributed by atoms with Crippen LogP contribution in [0.25, 0.3) is 0 Å². The Morgan fingerprint density at radius 2 is 1.93 bits per heavy atom. The van der Waals surface area contributed by atoms with E-state index in [0.29, 0.717) is 11.3 Å². The van der Waals surface area contributed by atoms with Gasteiger partial charge in [-0.05, 0) is 36.4 Å². The molecule has 0 aliphatic carbocycles. The zero-order valence-electron chi connectivity index (χ0n) is 14.9. The SMILES string of the molecule is COc1cc(NS(=O)(=O)c2ccc(Cl)nc2Cl)ccc1NC(=O)c1cccnc1. The molecule has 3 rings (SSSR count). The quantitative estimate of drug-likeness (QED) is 0.549. The maximum Gasteiger partial charge on any atom is 0.264 e. The molecule has 1 amide bonds. The number of nitrogens with zero attached hydrogens (tertiary/aromatic N) is 2. The van der Waals surface area contributed by atoms with Crippen LogP contribution in [0.5, 0.6) is 5.75 Å². The van der Waals surface area contributed by atoms with Crippen LogP contribution in [-0.2, 0) is 10.0 Å². The maximum absolute atomic E-state index is 12.6. The second-order valence-corrected chi connectivity index (χ2v) is 8.04. The van der Waals surface area contributed by atoms with Gasteiger partial charge in [0.1, 0.15) is 15.8 Å². The van der Waals surface area contributed by atoms with Crippen LogP contribution in [0.15, 0.2) is 59.8 Å². The van der Waals surface area contributed by atoms with E-state index in [1.165, 1.54) is 43.6 Å². The van der Waals surface area contributed by atoms with Gasteiger partial charge in [0.2, 0.25) is 0 Å². The average molecular weight is 453 g/mol. The number of sulfonamides is 1. The topological polar surface area (TPSA) is 110 Å². The molecule has 3 aromatic rings. The lowest BCUT2D eigenvalue weighted by Gasteiger charge is -2.14. The van der Waals surface area contributed by atoms with Gasteiger partial charge in [0.05, 0.1) is 24.0 Å². The summed E-state index contributed by atoms with van der Waals surface area (Å²) < 4.78 is 32.8. The second-order valence-electron chi connectivity index (χ2n) is 5.64. The lowest BCUT2D eigenvalue weighted by Crippen LogP contribution is -2.15. The van der Waals surface area contributed by atoms with Crippen LogP contribution < -0.4 is 14.8 Å². The van der Waals surface area contributed by atoms with Crippen molar-refractivity contribution in [2.45, 2.75) is 4.90 Å². The summed E-state index contributed by atoms with van der Waals surface area (Å²) in [6, 6.07) is 10.2. The number of ether oxygens (including phenoxy) is 1. The summed E-state index contributed by atoms with van der Waals surface area (Å²) in [5.41, 5.74) is 0.923. The van der Waals surface area contributed by atoms with E-state index >= 15 is 0 Å². The molecule has 29 heavy (non-hydrogen) atoms. The molecule has 0 atom stereocenters. The van der Waals surface area contributed by atoms with E-state index in [9.17, 15) is 13.2 Å². The highest BCUT2D eigenvalue weighted by Crippen LogP contribution is 2.30. The monoisotopic (exact) mass is 452 g/mol. The Balaban J connectivity index is 1.84. The molecule has 0 saturated heterocycles. The highest BCUT2D eigenvalue weighted by molar-refractivity contribution is 7.92. The third kappa shape index (κ3) is 4.94. The van der Waals surface area contributed by atoms with Gasteiger partial charge in [-0.25, -0.2) is 13.4 Å². The molecule has 1 aromatic carbocycles. The molecule has 150 valence electrons. The summed E-state index contributed by atoms with van der Waals surface area (Å²) in [7, 11) is -2.62. The Morgan fingerprint density at radius 1 is 1.14 bits per heavy atom. The number of halogens is 2. The number of aromatic nitrogens is 2. The lowest BCUT2D eigenvalue weighted by molar-refractivity contribution is 0.102. The summed E-state index contributed by atoms with van der Waals surface area (Å²) in [5.74, 6) is -0.133. The van der Waals surface area contributed by atoms with Crippen molar-refractivity contribution in [1.82, 2.24) is 9.97 Å². The molecule has 8 nitrogen and oxygen atoms in total. The van der Waals surface area contributed by atoms with Crippen LogP contribution in [-0.4, -0.2) is 31.4 Å². The Kier molecular flexibility index (Phi) is 6.21. The van der Waals surface area contributed by atoms with Gasteiger partial charge in [-0.15, -0.1) is 0 Å².